The van der Waals surface area contributed by atoms with Gasteiger partial charge in [0.2, 0.25) is 0 Å². The molecule has 30 heavy (non-hydrogen) atoms. The number of nitrogens with two attached hydrogens (primary N) is 1. The maximum absolute atomic E-state index is 11.7. The van der Waals surface area contributed by atoms with Crippen molar-refractivity contribution in [3.05, 3.63) is 45.8 Å². The van der Waals surface area contributed by atoms with Crippen molar-refractivity contribution in [1.82, 2.24) is 25.5 Å². The Hall–Kier alpha value is -2.92. The van der Waals surface area contributed by atoms with Gasteiger partial charge in [0.15, 0.2) is 5.82 Å². The second-order valence-corrected chi connectivity index (χ2v) is 7.60. The number of rotatable bonds is 9. The van der Waals surface area contributed by atoms with E-state index in [0.29, 0.717) is 36.3 Å². The highest BCUT2D eigenvalue weighted by Crippen LogP contribution is 2.29. The molecule has 11 nitrogen and oxygen atoms in total. The lowest BCUT2D eigenvalue weighted by Crippen LogP contribution is -2.34. The van der Waals surface area contributed by atoms with Crippen molar-refractivity contribution in [3.63, 3.8) is 0 Å². The van der Waals surface area contributed by atoms with Crippen molar-refractivity contribution in [2.24, 2.45) is 17.6 Å². The van der Waals surface area contributed by atoms with Crippen LogP contribution in [0.25, 0.3) is 0 Å². The van der Waals surface area contributed by atoms with Crippen molar-refractivity contribution < 1.29 is 14.5 Å². The molecule has 1 aromatic carbocycles. The van der Waals surface area contributed by atoms with Gasteiger partial charge in [0.25, 0.3) is 5.69 Å². The Morgan fingerprint density at radius 2 is 2.23 bits per heavy atom. The third kappa shape index (κ3) is 5.36. The summed E-state index contributed by atoms with van der Waals surface area (Å²) in [6.07, 6.45) is 4.42. The zero-order valence-corrected chi connectivity index (χ0v) is 16.9. The molecule has 162 valence electrons. The predicted molar refractivity (Wildman–Crippen MR) is 107 cm³/mol. The number of esters is 1. The van der Waals surface area contributed by atoms with E-state index in [0.717, 1.165) is 25.7 Å². The number of tetrazole rings is 1. The Kier molecular flexibility index (Phi) is 7.41. The number of non-ortho nitro benzene ring substituents is 1. The van der Waals surface area contributed by atoms with Crippen LogP contribution in [0.3, 0.4) is 0 Å². The van der Waals surface area contributed by atoms with Crippen molar-refractivity contribution in [2.45, 2.75) is 38.3 Å². The molecule has 0 amide bonds. The Morgan fingerprint density at radius 3 is 2.97 bits per heavy atom. The summed E-state index contributed by atoms with van der Waals surface area (Å²) >= 11 is 0. The largest absolute Gasteiger partial charge is 0.468 e. The number of carbonyl (C=O) groups is 1. The van der Waals surface area contributed by atoms with Crippen molar-refractivity contribution in [2.75, 3.05) is 20.2 Å². The van der Waals surface area contributed by atoms with E-state index < -0.39 is 16.9 Å². The lowest BCUT2D eigenvalue weighted by molar-refractivity contribution is -0.384. The molecule has 3 rings (SSSR count). The van der Waals surface area contributed by atoms with E-state index in [2.05, 4.69) is 20.8 Å². The average Bonchev–Trinajstić information content (AvgIpc) is 3.21. The molecular formula is C19H27N7O4. The van der Waals surface area contributed by atoms with Gasteiger partial charge in [-0.25, -0.2) is 4.68 Å². The number of methoxy groups -OCH3 is 1. The number of nitrogens with zero attached hydrogens (tertiary/aromatic N) is 5. The Labute approximate surface area is 174 Å². The van der Waals surface area contributed by atoms with Crippen LogP contribution in [0.5, 0.6) is 0 Å². The van der Waals surface area contributed by atoms with Crippen molar-refractivity contribution >= 4 is 11.7 Å². The van der Waals surface area contributed by atoms with Gasteiger partial charge < -0.3 is 15.8 Å². The van der Waals surface area contributed by atoms with E-state index in [9.17, 15) is 14.9 Å². The van der Waals surface area contributed by atoms with Crippen molar-refractivity contribution in [3.8, 4) is 0 Å². The summed E-state index contributed by atoms with van der Waals surface area (Å²) in [5, 5.41) is 26.4. The first-order chi connectivity index (χ1) is 14.5. The summed E-state index contributed by atoms with van der Waals surface area (Å²) in [7, 11) is 1.29. The third-order valence-corrected chi connectivity index (χ3v) is 5.57. The first-order valence-corrected chi connectivity index (χ1v) is 10.0. The summed E-state index contributed by atoms with van der Waals surface area (Å²) in [6, 6.07) is 5.83. The lowest BCUT2D eigenvalue weighted by atomic mass is 9.81. The summed E-state index contributed by atoms with van der Waals surface area (Å²) in [5.41, 5.74) is 6.48. The van der Waals surface area contributed by atoms with Gasteiger partial charge >= 0.3 is 5.97 Å². The molecule has 0 saturated heterocycles. The Morgan fingerprint density at radius 1 is 1.43 bits per heavy atom. The fraction of sp³-hybridized carbons (Fsp3) is 0.579. The van der Waals surface area contributed by atoms with Gasteiger partial charge in [-0.2, -0.15) is 0 Å². The average molecular weight is 417 g/mol. The smallest absolute Gasteiger partial charge is 0.327 e. The molecule has 1 aromatic heterocycles. The van der Waals surface area contributed by atoms with Gasteiger partial charge in [-0.15, -0.1) is 5.10 Å². The van der Waals surface area contributed by atoms with Crippen molar-refractivity contribution in [1.29, 1.82) is 0 Å². The number of hydrogen-bond acceptors (Lipinski definition) is 9. The van der Waals surface area contributed by atoms with E-state index in [1.807, 2.05) is 0 Å². The van der Waals surface area contributed by atoms with Crippen LogP contribution >= 0.6 is 0 Å². The van der Waals surface area contributed by atoms with E-state index >= 15 is 0 Å². The van der Waals surface area contributed by atoms with Crippen LogP contribution in [-0.4, -0.2) is 51.3 Å². The summed E-state index contributed by atoms with van der Waals surface area (Å²) < 4.78 is 6.07. The summed E-state index contributed by atoms with van der Waals surface area (Å²) in [5.74, 6) is 0.872. The molecule has 1 aliphatic rings. The van der Waals surface area contributed by atoms with E-state index in [1.54, 1.807) is 12.1 Å². The number of nitrogens with one attached hydrogen (secondary N) is 1. The minimum atomic E-state index is -0.511. The van der Waals surface area contributed by atoms with Crippen LogP contribution in [0.4, 0.5) is 5.69 Å². The van der Waals surface area contributed by atoms with Gasteiger partial charge in [0.1, 0.15) is 6.54 Å². The molecule has 1 aliphatic carbocycles. The minimum absolute atomic E-state index is 0.0212. The first kappa shape index (κ1) is 21.8. The highest BCUT2D eigenvalue weighted by molar-refractivity contribution is 5.68. The summed E-state index contributed by atoms with van der Waals surface area (Å²) in [4.78, 5) is 22.6. The SMILES string of the molecule is COC(=O)Cn1nnnc1C(NCC1CCCC(CN)C1)c1cccc([N+](=O)[O-])c1. The monoisotopic (exact) mass is 417 g/mol. The quantitative estimate of drug-likeness (QED) is 0.348. The highest BCUT2D eigenvalue weighted by Gasteiger charge is 2.27. The van der Waals surface area contributed by atoms with Gasteiger partial charge in [-0.3, -0.25) is 14.9 Å². The molecule has 2 aromatic rings. The van der Waals surface area contributed by atoms with E-state index in [-0.39, 0.29) is 12.2 Å². The number of ether oxygens (including phenoxy) is 1. The van der Waals surface area contributed by atoms with Gasteiger partial charge in [0, 0.05) is 12.1 Å². The molecule has 0 bridgehead atoms. The normalized spacial score (nSPS) is 19.9. The number of nitro groups is 1. The molecule has 3 atom stereocenters. The number of nitro benzene ring substituents is 1. The zero-order valence-electron chi connectivity index (χ0n) is 16.9. The van der Waals surface area contributed by atoms with Crippen LogP contribution in [0, 0.1) is 22.0 Å². The fourth-order valence-corrected chi connectivity index (χ4v) is 3.98. The molecule has 11 heteroatoms. The second-order valence-electron chi connectivity index (χ2n) is 7.60. The molecule has 0 aliphatic heterocycles. The molecule has 0 radical (unpaired) electrons. The molecule has 0 spiro atoms. The van der Waals surface area contributed by atoms with Crippen LogP contribution in [-0.2, 0) is 16.1 Å². The number of benzene rings is 1. The Bertz CT molecular complexity index is 872. The van der Waals surface area contributed by atoms with E-state index in [1.165, 1.54) is 23.9 Å². The van der Waals surface area contributed by atoms with Crippen LogP contribution in [0.15, 0.2) is 24.3 Å². The summed E-state index contributed by atoms with van der Waals surface area (Å²) in [6.45, 7) is 1.22. The molecule has 3 unspecified atom stereocenters. The van der Waals surface area contributed by atoms with Gasteiger partial charge in [0.05, 0.1) is 18.1 Å². The molecule has 1 fully saturated rings. The predicted octanol–water partition coefficient (Wildman–Crippen LogP) is 1.20. The maximum Gasteiger partial charge on any atom is 0.327 e. The third-order valence-electron chi connectivity index (χ3n) is 5.57. The zero-order chi connectivity index (χ0) is 21.5. The number of aromatic nitrogens is 4. The topological polar surface area (TPSA) is 151 Å². The highest BCUT2D eigenvalue weighted by atomic mass is 16.6. The maximum atomic E-state index is 11.7. The number of carbonyl (C=O) groups excluding carboxylic acids is 1. The van der Waals surface area contributed by atoms with Crippen LogP contribution in [0.1, 0.15) is 43.1 Å². The number of hydrogen-bond donors (Lipinski definition) is 2. The molecule has 1 saturated carbocycles. The van der Waals surface area contributed by atoms with Gasteiger partial charge in [-0.1, -0.05) is 18.6 Å². The minimum Gasteiger partial charge on any atom is -0.468 e. The van der Waals surface area contributed by atoms with Gasteiger partial charge in [-0.05, 0) is 60.2 Å². The first-order valence-electron chi connectivity index (χ1n) is 10.0. The molecule has 1 heterocycles. The van der Waals surface area contributed by atoms with Crippen LogP contribution in [0.2, 0.25) is 0 Å². The standard InChI is InChI=1S/C19H27N7O4/c1-30-17(27)12-25-19(22-23-24-25)18(15-6-3-7-16(9-15)26(28)29)21-11-14-5-2-4-13(8-14)10-20/h3,6-7,9,13-14,18,21H,2,4-5,8,10-12,20H2,1H3. The lowest BCUT2D eigenvalue weighted by Gasteiger charge is -2.30. The molecule has 3 N–H and O–H groups in total. The second kappa shape index (κ2) is 10.2. The van der Waals surface area contributed by atoms with E-state index in [4.69, 9.17) is 10.5 Å². The fourth-order valence-electron chi connectivity index (χ4n) is 3.98. The van der Waals surface area contributed by atoms with Crippen LogP contribution < -0.4 is 11.1 Å². The molecular weight excluding hydrogens is 390 g/mol. The Balaban J connectivity index is 1.86.